The average molecular weight is 264 g/mol. The first-order valence-electron chi connectivity index (χ1n) is 5.19. The van der Waals surface area contributed by atoms with Crippen LogP contribution in [0.3, 0.4) is 0 Å². The van der Waals surface area contributed by atoms with E-state index in [0.717, 1.165) is 13.0 Å². The Hall–Kier alpha value is -0.510. The maximum Gasteiger partial charge on any atom is 0.213 e. The first kappa shape index (κ1) is 13.6. The Morgan fingerprint density at radius 3 is 2.75 bits per heavy atom. The number of ether oxygens (including phenoxy) is 2. The van der Waals surface area contributed by atoms with E-state index in [9.17, 15) is 0 Å². The van der Waals surface area contributed by atoms with Gasteiger partial charge in [0, 0.05) is 12.7 Å². The molecule has 0 radical (unpaired) electrons. The number of alkyl halides is 1. The molecule has 0 bridgehead atoms. The molecule has 0 unspecified atom stereocenters. The van der Waals surface area contributed by atoms with Crippen LogP contribution in [0.2, 0.25) is 5.02 Å². The lowest BCUT2D eigenvalue weighted by molar-refractivity contribution is 0.0989. The second-order valence-corrected chi connectivity index (χ2v) is 3.85. The molecule has 0 N–H and O–H groups in total. The molecule has 5 heteroatoms. The molecule has 0 saturated carbocycles. The molecule has 0 atom stereocenters. The Morgan fingerprint density at radius 2 is 2.06 bits per heavy atom. The molecular formula is C11H15Cl2NO2. The zero-order valence-electron chi connectivity index (χ0n) is 9.21. The number of hydrogen-bond acceptors (Lipinski definition) is 3. The second kappa shape index (κ2) is 7.71. The standard InChI is InChI=1S/C11H15Cl2NO2/c1-2-5-15-6-7-16-11-4-3-9(13)10(8-12)14-11/h3-4H,2,5-8H2,1H3. The molecular weight excluding hydrogens is 249 g/mol. The van der Waals surface area contributed by atoms with Crippen molar-refractivity contribution >= 4 is 23.2 Å². The third-order valence-corrected chi connectivity index (χ3v) is 2.44. The van der Waals surface area contributed by atoms with Gasteiger partial charge in [0.1, 0.15) is 6.61 Å². The minimum atomic E-state index is 0.280. The predicted octanol–water partition coefficient (Wildman–Crippen LogP) is 3.28. The van der Waals surface area contributed by atoms with Gasteiger partial charge in [-0.2, -0.15) is 0 Å². The molecule has 16 heavy (non-hydrogen) atoms. The van der Waals surface area contributed by atoms with Gasteiger partial charge in [0.15, 0.2) is 0 Å². The van der Waals surface area contributed by atoms with Crippen LogP contribution in [0.4, 0.5) is 0 Å². The van der Waals surface area contributed by atoms with Crippen molar-refractivity contribution in [2.45, 2.75) is 19.2 Å². The molecule has 3 nitrogen and oxygen atoms in total. The van der Waals surface area contributed by atoms with Crippen LogP contribution in [0.5, 0.6) is 5.88 Å². The van der Waals surface area contributed by atoms with Crippen LogP contribution >= 0.6 is 23.2 Å². The quantitative estimate of drug-likeness (QED) is 0.559. The molecule has 0 saturated heterocycles. The van der Waals surface area contributed by atoms with Gasteiger partial charge < -0.3 is 9.47 Å². The molecule has 0 aromatic carbocycles. The highest BCUT2D eigenvalue weighted by atomic mass is 35.5. The van der Waals surface area contributed by atoms with Crippen LogP contribution in [-0.4, -0.2) is 24.8 Å². The van der Waals surface area contributed by atoms with E-state index in [1.165, 1.54) is 0 Å². The van der Waals surface area contributed by atoms with Gasteiger partial charge in [0.2, 0.25) is 5.88 Å². The fourth-order valence-electron chi connectivity index (χ4n) is 1.09. The summed E-state index contributed by atoms with van der Waals surface area (Å²) in [5.74, 6) is 0.808. The Morgan fingerprint density at radius 1 is 1.25 bits per heavy atom. The summed E-state index contributed by atoms with van der Waals surface area (Å²) in [5.41, 5.74) is 0.635. The lowest BCUT2D eigenvalue weighted by atomic mass is 10.4. The second-order valence-electron chi connectivity index (χ2n) is 3.17. The summed E-state index contributed by atoms with van der Waals surface area (Å²) >= 11 is 11.6. The molecule has 0 aliphatic heterocycles. The molecule has 1 aromatic rings. The Bertz CT molecular complexity index is 321. The van der Waals surface area contributed by atoms with Gasteiger partial charge in [0.05, 0.1) is 23.2 Å². The SMILES string of the molecule is CCCOCCOc1ccc(Cl)c(CCl)n1. The van der Waals surface area contributed by atoms with E-state index in [0.29, 0.717) is 29.8 Å². The minimum absolute atomic E-state index is 0.280. The highest BCUT2D eigenvalue weighted by Crippen LogP contribution is 2.19. The molecule has 0 aliphatic carbocycles. The number of halogens is 2. The fourth-order valence-corrected chi connectivity index (χ4v) is 1.53. The van der Waals surface area contributed by atoms with Crippen molar-refractivity contribution in [3.63, 3.8) is 0 Å². The number of nitrogens with zero attached hydrogens (tertiary/aromatic N) is 1. The van der Waals surface area contributed by atoms with Gasteiger partial charge in [-0.3, -0.25) is 0 Å². The highest BCUT2D eigenvalue weighted by Gasteiger charge is 2.03. The Kier molecular flexibility index (Phi) is 6.53. The largest absolute Gasteiger partial charge is 0.475 e. The highest BCUT2D eigenvalue weighted by molar-refractivity contribution is 6.32. The van der Waals surface area contributed by atoms with Crippen molar-refractivity contribution in [2.24, 2.45) is 0 Å². The van der Waals surface area contributed by atoms with Gasteiger partial charge in [-0.15, -0.1) is 11.6 Å². The zero-order valence-corrected chi connectivity index (χ0v) is 10.7. The van der Waals surface area contributed by atoms with Crippen LogP contribution in [0.15, 0.2) is 12.1 Å². The molecule has 0 amide bonds. The summed E-state index contributed by atoms with van der Waals surface area (Å²) in [7, 11) is 0. The summed E-state index contributed by atoms with van der Waals surface area (Å²) in [6.07, 6.45) is 1.01. The lowest BCUT2D eigenvalue weighted by Gasteiger charge is -2.07. The van der Waals surface area contributed by atoms with Gasteiger partial charge >= 0.3 is 0 Å². The van der Waals surface area contributed by atoms with Crippen LogP contribution in [-0.2, 0) is 10.6 Å². The van der Waals surface area contributed by atoms with Crippen LogP contribution in [0.1, 0.15) is 19.0 Å². The van der Waals surface area contributed by atoms with Gasteiger partial charge in [-0.25, -0.2) is 4.98 Å². The number of pyridine rings is 1. The summed E-state index contributed by atoms with van der Waals surface area (Å²) in [6.45, 7) is 3.86. The Labute approximate surface area is 106 Å². The van der Waals surface area contributed by atoms with E-state index >= 15 is 0 Å². The molecule has 0 spiro atoms. The summed E-state index contributed by atoms with van der Waals surface area (Å²) in [4.78, 5) is 4.17. The maximum atomic E-state index is 5.87. The van der Waals surface area contributed by atoms with E-state index < -0.39 is 0 Å². The molecule has 1 heterocycles. The lowest BCUT2D eigenvalue weighted by Crippen LogP contribution is -2.08. The van der Waals surface area contributed by atoms with Crippen molar-refractivity contribution in [3.8, 4) is 5.88 Å². The topological polar surface area (TPSA) is 31.4 Å². The van der Waals surface area contributed by atoms with E-state index in [4.69, 9.17) is 32.7 Å². The fraction of sp³-hybridized carbons (Fsp3) is 0.545. The third kappa shape index (κ3) is 4.56. The van der Waals surface area contributed by atoms with Crippen molar-refractivity contribution in [3.05, 3.63) is 22.8 Å². The third-order valence-electron chi connectivity index (χ3n) is 1.85. The summed E-state index contributed by atoms with van der Waals surface area (Å²) in [6, 6.07) is 3.45. The van der Waals surface area contributed by atoms with E-state index in [1.54, 1.807) is 12.1 Å². The van der Waals surface area contributed by atoms with Crippen molar-refractivity contribution in [1.82, 2.24) is 4.98 Å². The molecule has 0 fully saturated rings. The summed E-state index contributed by atoms with van der Waals surface area (Å²) in [5, 5.41) is 0.560. The molecule has 0 aliphatic rings. The normalized spacial score (nSPS) is 10.4. The van der Waals surface area contributed by atoms with Gasteiger partial charge in [-0.1, -0.05) is 18.5 Å². The average Bonchev–Trinajstić information content (AvgIpc) is 2.31. The Balaban J connectivity index is 2.36. The van der Waals surface area contributed by atoms with Crippen LogP contribution in [0.25, 0.3) is 0 Å². The first-order chi connectivity index (χ1) is 7.77. The van der Waals surface area contributed by atoms with Gasteiger partial charge in [0.25, 0.3) is 0 Å². The molecule has 1 rings (SSSR count). The van der Waals surface area contributed by atoms with E-state index in [1.807, 2.05) is 0 Å². The van der Waals surface area contributed by atoms with E-state index in [-0.39, 0.29) is 5.88 Å². The predicted molar refractivity (Wildman–Crippen MR) is 65.4 cm³/mol. The summed E-state index contributed by atoms with van der Waals surface area (Å²) < 4.78 is 10.7. The monoisotopic (exact) mass is 263 g/mol. The van der Waals surface area contributed by atoms with Crippen molar-refractivity contribution in [1.29, 1.82) is 0 Å². The number of hydrogen-bond donors (Lipinski definition) is 0. The molecule has 90 valence electrons. The zero-order chi connectivity index (χ0) is 11.8. The van der Waals surface area contributed by atoms with Crippen LogP contribution in [0, 0.1) is 0 Å². The van der Waals surface area contributed by atoms with Crippen LogP contribution < -0.4 is 4.74 Å². The molecule has 1 aromatic heterocycles. The van der Waals surface area contributed by atoms with E-state index in [2.05, 4.69) is 11.9 Å². The van der Waals surface area contributed by atoms with Crippen molar-refractivity contribution < 1.29 is 9.47 Å². The van der Waals surface area contributed by atoms with Crippen molar-refractivity contribution in [2.75, 3.05) is 19.8 Å². The smallest absolute Gasteiger partial charge is 0.213 e. The maximum absolute atomic E-state index is 5.87. The van der Waals surface area contributed by atoms with Gasteiger partial charge in [-0.05, 0) is 12.5 Å². The number of rotatable bonds is 7. The minimum Gasteiger partial charge on any atom is -0.475 e. The number of aromatic nitrogens is 1. The first-order valence-corrected chi connectivity index (χ1v) is 6.11.